The van der Waals surface area contributed by atoms with E-state index in [1.165, 1.54) is 0 Å². The van der Waals surface area contributed by atoms with Crippen LogP contribution >= 0.6 is 7.60 Å². The van der Waals surface area contributed by atoms with Gasteiger partial charge in [-0.2, -0.15) is 0 Å². The summed E-state index contributed by atoms with van der Waals surface area (Å²) in [6, 6.07) is 0. The number of aromatic nitrogens is 2. The molecule has 0 aromatic carbocycles. The van der Waals surface area contributed by atoms with Crippen LogP contribution in [0.4, 0.5) is 5.69 Å². The molecule has 2 rings (SSSR count). The molecule has 1 aliphatic heterocycles. The van der Waals surface area contributed by atoms with E-state index in [1.54, 1.807) is 0 Å². The molecule has 0 radical (unpaired) electrons. The summed E-state index contributed by atoms with van der Waals surface area (Å²) in [5.41, 5.74) is 5.93. The highest BCUT2D eigenvalue weighted by Crippen LogP contribution is 2.40. The number of ether oxygens (including phenoxy) is 1. The van der Waals surface area contributed by atoms with Crippen molar-refractivity contribution in [2.45, 2.75) is 30.7 Å². The van der Waals surface area contributed by atoms with Gasteiger partial charge in [0, 0.05) is 17.5 Å². The van der Waals surface area contributed by atoms with Gasteiger partial charge in [0.05, 0.1) is 6.10 Å². The zero-order valence-corrected chi connectivity index (χ0v) is 12.1. The third-order valence-electron chi connectivity index (χ3n) is 3.17. The molecule has 0 aliphatic carbocycles. The fourth-order valence-electron chi connectivity index (χ4n) is 2.10. The number of nitrogens with zero attached hydrogens (tertiary/aromatic N) is 4. The smallest absolute Gasteiger partial charge is 0.330 e. The van der Waals surface area contributed by atoms with Crippen LogP contribution in [0.5, 0.6) is 0 Å². The number of aromatic amines is 1. The molecular weight excluding hydrogens is 337 g/mol. The Bertz CT molecular complexity index is 807. The molecule has 14 heteroatoms. The van der Waals surface area contributed by atoms with E-state index >= 15 is 0 Å². The van der Waals surface area contributed by atoms with Crippen molar-refractivity contribution in [1.82, 2.24) is 9.55 Å². The van der Waals surface area contributed by atoms with Gasteiger partial charge in [-0.05, 0) is 13.1 Å². The molecule has 1 aromatic rings. The van der Waals surface area contributed by atoms with Gasteiger partial charge in [-0.15, -0.1) is 0 Å². The lowest BCUT2D eigenvalue weighted by atomic mass is 10.2. The molecule has 0 amide bonds. The van der Waals surface area contributed by atoms with E-state index in [0.717, 1.165) is 10.8 Å². The van der Waals surface area contributed by atoms with Crippen LogP contribution in [-0.2, 0) is 9.30 Å². The number of aliphatic hydroxyl groups is 2. The zero-order chi connectivity index (χ0) is 17.4. The third kappa shape index (κ3) is 3.51. The zero-order valence-electron chi connectivity index (χ0n) is 11.2. The average Bonchev–Trinajstić information content (AvgIpc) is 2.81. The standard InChI is InChI=1S/C9H12N5O8P/c10-13-12-3-2-14(9(18)11-7(3)16)5-1-4(15)6(22-5)8(17)23(19,20)21/h2,4-6,8,15,17H,1H2,(H,11,16,18)(H2,19,20,21)/p-2. The first-order chi connectivity index (χ1) is 10.6. The maximum atomic E-state index is 11.7. The molecule has 1 aliphatic rings. The van der Waals surface area contributed by atoms with E-state index in [2.05, 4.69) is 10.0 Å². The van der Waals surface area contributed by atoms with Gasteiger partial charge >= 0.3 is 5.69 Å². The Balaban J connectivity index is 2.36. The summed E-state index contributed by atoms with van der Waals surface area (Å²) in [5.74, 6) is -2.50. The van der Waals surface area contributed by atoms with Gasteiger partial charge in [-0.25, -0.2) is 4.79 Å². The lowest BCUT2D eigenvalue weighted by Gasteiger charge is -2.38. The molecule has 13 nitrogen and oxygen atoms in total. The molecule has 1 fully saturated rings. The van der Waals surface area contributed by atoms with Crippen LogP contribution in [0.3, 0.4) is 0 Å². The third-order valence-corrected chi connectivity index (χ3v) is 4.11. The van der Waals surface area contributed by atoms with Gasteiger partial charge in [0.15, 0.2) is 0 Å². The van der Waals surface area contributed by atoms with Gasteiger partial charge in [-0.3, -0.25) is 14.3 Å². The van der Waals surface area contributed by atoms with Gasteiger partial charge in [0.1, 0.15) is 23.9 Å². The molecule has 0 spiro atoms. The number of azide groups is 1. The summed E-state index contributed by atoms with van der Waals surface area (Å²) >= 11 is 0. The molecule has 3 N–H and O–H groups in total. The van der Waals surface area contributed by atoms with Crippen molar-refractivity contribution < 1.29 is 29.3 Å². The van der Waals surface area contributed by atoms with E-state index in [-0.39, 0.29) is 6.42 Å². The Kier molecular flexibility index (Phi) is 4.73. The Morgan fingerprint density at radius 1 is 1.57 bits per heavy atom. The Morgan fingerprint density at radius 3 is 2.78 bits per heavy atom. The average molecular weight is 347 g/mol. The summed E-state index contributed by atoms with van der Waals surface area (Å²) in [4.78, 5) is 49.0. The van der Waals surface area contributed by atoms with E-state index in [9.17, 15) is 34.2 Å². The fraction of sp³-hybridized carbons (Fsp3) is 0.556. The monoisotopic (exact) mass is 347 g/mol. The minimum Gasteiger partial charge on any atom is -0.809 e. The van der Waals surface area contributed by atoms with Gasteiger partial charge in [0.25, 0.3) is 5.56 Å². The summed E-state index contributed by atoms with van der Waals surface area (Å²) in [6.07, 6.45) is -4.09. The predicted molar refractivity (Wildman–Crippen MR) is 68.3 cm³/mol. The Labute approximate surface area is 126 Å². The van der Waals surface area contributed by atoms with Gasteiger partial charge < -0.3 is 29.3 Å². The lowest BCUT2D eigenvalue weighted by molar-refractivity contribution is -0.326. The largest absolute Gasteiger partial charge is 0.809 e. The molecular formula is C9H10N5O8P-2. The first kappa shape index (κ1) is 17.4. The Hall–Kier alpha value is -1.98. The highest BCUT2D eigenvalue weighted by Gasteiger charge is 2.41. The van der Waals surface area contributed by atoms with Gasteiger partial charge in [0.2, 0.25) is 0 Å². The van der Waals surface area contributed by atoms with Gasteiger partial charge in [-0.1, -0.05) is 5.11 Å². The molecule has 126 valence electrons. The molecule has 2 heterocycles. The summed E-state index contributed by atoms with van der Waals surface area (Å²) in [5, 5.41) is 22.2. The second kappa shape index (κ2) is 6.26. The number of rotatable bonds is 4. The summed E-state index contributed by atoms with van der Waals surface area (Å²) in [7, 11) is -5.44. The molecule has 0 saturated carbocycles. The summed E-state index contributed by atoms with van der Waals surface area (Å²) < 4.78 is 16.6. The molecule has 1 aromatic heterocycles. The normalized spacial score (nSPS) is 25.8. The minimum atomic E-state index is -5.44. The number of hydrogen-bond acceptors (Lipinski definition) is 9. The molecule has 23 heavy (non-hydrogen) atoms. The topological polar surface area (TPSA) is 216 Å². The van der Waals surface area contributed by atoms with Crippen LogP contribution in [0, 0.1) is 0 Å². The van der Waals surface area contributed by atoms with Crippen molar-refractivity contribution in [2.24, 2.45) is 5.11 Å². The van der Waals surface area contributed by atoms with Crippen molar-refractivity contribution in [3.63, 3.8) is 0 Å². The number of H-pyrrole nitrogens is 1. The van der Waals surface area contributed by atoms with E-state index < -0.39 is 48.8 Å². The van der Waals surface area contributed by atoms with Crippen LogP contribution in [0.15, 0.2) is 20.9 Å². The van der Waals surface area contributed by atoms with E-state index in [0.29, 0.717) is 0 Å². The van der Waals surface area contributed by atoms with Crippen LogP contribution < -0.4 is 21.0 Å². The fourth-order valence-corrected chi connectivity index (χ4v) is 2.73. The van der Waals surface area contributed by atoms with Crippen LogP contribution in [-0.4, -0.2) is 37.8 Å². The molecule has 4 unspecified atom stereocenters. The first-order valence-electron chi connectivity index (χ1n) is 6.09. The number of aliphatic hydroxyl groups excluding tert-OH is 2. The first-order valence-corrected chi connectivity index (χ1v) is 7.70. The molecule has 4 atom stereocenters. The summed E-state index contributed by atoms with van der Waals surface area (Å²) in [6.45, 7) is 0. The second-order valence-electron chi connectivity index (χ2n) is 4.68. The number of hydrogen-bond donors (Lipinski definition) is 3. The second-order valence-corrected chi connectivity index (χ2v) is 6.29. The van der Waals surface area contributed by atoms with E-state index in [1.807, 2.05) is 4.98 Å². The predicted octanol–water partition coefficient (Wildman–Crippen LogP) is -2.64. The van der Waals surface area contributed by atoms with Crippen LogP contribution in [0.2, 0.25) is 0 Å². The van der Waals surface area contributed by atoms with Crippen molar-refractivity contribution >= 4 is 13.3 Å². The van der Waals surface area contributed by atoms with E-state index in [4.69, 9.17) is 10.3 Å². The number of nitrogens with one attached hydrogen (secondary N) is 1. The maximum absolute atomic E-state index is 11.7. The van der Waals surface area contributed by atoms with Crippen molar-refractivity contribution in [2.75, 3.05) is 0 Å². The molecule has 0 bridgehead atoms. The Morgan fingerprint density at radius 2 is 2.22 bits per heavy atom. The quantitative estimate of drug-likeness (QED) is 0.226. The lowest BCUT2D eigenvalue weighted by Crippen LogP contribution is -2.40. The van der Waals surface area contributed by atoms with Crippen molar-refractivity contribution in [3.8, 4) is 0 Å². The van der Waals surface area contributed by atoms with Crippen molar-refractivity contribution in [3.05, 3.63) is 37.5 Å². The maximum Gasteiger partial charge on any atom is 0.330 e. The highest BCUT2D eigenvalue weighted by molar-refractivity contribution is 7.49. The SMILES string of the molecule is [N-]=[N+]=Nc1cn(C2CC(O)C(C(O)P(=O)([O-])[O-])O2)c(=O)[nH]c1=O. The van der Waals surface area contributed by atoms with Crippen molar-refractivity contribution in [1.29, 1.82) is 0 Å². The molecule has 1 saturated heterocycles. The highest BCUT2D eigenvalue weighted by atomic mass is 31.2. The van der Waals surface area contributed by atoms with Crippen LogP contribution in [0.25, 0.3) is 10.4 Å². The van der Waals surface area contributed by atoms with Crippen LogP contribution in [0.1, 0.15) is 12.6 Å². The minimum absolute atomic E-state index is 0.344.